The minimum atomic E-state index is 0.364. The Labute approximate surface area is 322 Å². The third-order valence-electron chi connectivity index (χ3n) is 10.6. The molecule has 0 saturated heterocycles. The summed E-state index contributed by atoms with van der Waals surface area (Å²) in [5.41, 5.74) is 12.4. The summed E-state index contributed by atoms with van der Waals surface area (Å²) >= 11 is 0. The van der Waals surface area contributed by atoms with Crippen LogP contribution in [-0.4, -0.2) is 14.4 Å². The number of rotatable bonds is 9. The van der Waals surface area contributed by atoms with Crippen LogP contribution in [0.2, 0.25) is 0 Å². The molecule has 0 unspecified atom stereocenters. The molecule has 9 rings (SSSR count). The van der Waals surface area contributed by atoms with Crippen LogP contribution in [0.25, 0.3) is 38.6 Å². The van der Waals surface area contributed by atoms with Gasteiger partial charge in [-0.2, -0.15) is 0 Å². The molecule has 0 atom stereocenters. The van der Waals surface area contributed by atoms with Gasteiger partial charge in [-0.25, -0.2) is 9.97 Å². The van der Waals surface area contributed by atoms with Crippen LogP contribution in [0.1, 0.15) is 50.7 Å². The molecule has 3 heterocycles. The Balaban J connectivity index is 1.28. The average Bonchev–Trinajstić information content (AvgIpc) is 3.68. The molecule has 55 heavy (non-hydrogen) atoms. The molecule has 0 fully saturated rings. The van der Waals surface area contributed by atoms with Crippen molar-refractivity contribution in [3.8, 4) is 11.3 Å². The van der Waals surface area contributed by atoms with E-state index in [1.54, 1.807) is 0 Å². The highest BCUT2D eigenvalue weighted by atomic mass is 15.2. The lowest BCUT2D eigenvalue weighted by molar-refractivity contribution is 0.836. The second kappa shape index (κ2) is 14.3. The number of fused-ring (bicyclic) bond motifs is 6. The monoisotopic (exact) mass is 713 g/mol. The van der Waals surface area contributed by atoms with Gasteiger partial charge < -0.3 is 4.90 Å². The van der Waals surface area contributed by atoms with Crippen molar-refractivity contribution in [1.29, 1.82) is 0 Å². The largest absolute Gasteiger partial charge is 0.310 e. The van der Waals surface area contributed by atoms with Crippen molar-refractivity contribution in [3.63, 3.8) is 0 Å². The molecule has 0 spiro atoms. The molecule has 0 saturated carbocycles. The van der Waals surface area contributed by atoms with Gasteiger partial charge in [0, 0.05) is 51.0 Å². The van der Waals surface area contributed by atoms with Gasteiger partial charge in [-0.15, -0.1) is 0 Å². The molecule has 0 radical (unpaired) electrons. The van der Waals surface area contributed by atoms with Gasteiger partial charge in [-0.1, -0.05) is 119 Å². The van der Waals surface area contributed by atoms with Crippen LogP contribution in [-0.2, 0) is 0 Å². The average molecular weight is 714 g/mol. The number of para-hydroxylation sites is 3. The third kappa shape index (κ3) is 6.08. The quantitative estimate of drug-likeness (QED) is 0.140. The molecule has 0 aliphatic rings. The zero-order valence-electron chi connectivity index (χ0n) is 31.6. The maximum atomic E-state index is 5.26. The Morgan fingerprint density at radius 3 is 1.71 bits per heavy atom. The maximum absolute atomic E-state index is 5.26. The molecule has 5 heteroatoms. The minimum Gasteiger partial charge on any atom is -0.310 e. The predicted molar refractivity (Wildman–Crippen MR) is 231 cm³/mol. The number of hydrogen-bond acceptors (Lipinski definition) is 4. The molecule has 9 aromatic rings. The van der Waals surface area contributed by atoms with E-state index in [-0.39, 0.29) is 0 Å². The fourth-order valence-electron chi connectivity index (χ4n) is 8.07. The number of pyridine rings is 2. The molecule has 0 bridgehead atoms. The summed E-state index contributed by atoms with van der Waals surface area (Å²) in [5.74, 6) is 1.58. The highest BCUT2D eigenvalue weighted by Crippen LogP contribution is 2.43. The van der Waals surface area contributed by atoms with Crippen LogP contribution < -0.4 is 9.80 Å². The first-order chi connectivity index (χ1) is 27.0. The number of aromatic nitrogens is 3. The Hall–Kier alpha value is -6.72. The highest BCUT2D eigenvalue weighted by molar-refractivity contribution is 6.13. The van der Waals surface area contributed by atoms with E-state index in [2.05, 4.69) is 194 Å². The third-order valence-corrected chi connectivity index (χ3v) is 10.6. The summed E-state index contributed by atoms with van der Waals surface area (Å²) in [5, 5.41) is 3.48. The lowest BCUT2D eigenvalue weighted by atomic mass is 9.87. The van der Waals surface area contributed by atoms with E-state index in [9.17, 15) is 0 Å². The van der Waals surface area contributed by atoms with Crippen molar-refractivity contribution in [2.75, 3.05) is 9.80 Å². The first-order valence-corrected chi connectivity index (χ1v) is 19.1. The summed E-state index contributed by atoms with van der Waals surface area (Å²) < 4.78 is 2.40. The van der Waals surface area contributed by atoms with Gasteiger partial charge in [0.25, 0.3) is 0 Å². The van der Waals surface area contributed by atoms with Gasteiger partial charge >= 0.3 is 0 Å². The van der Waals surface area contributed by atoms with Gasteiger partial charge in [-0.05, 0) is 101 Å². The fraction of sp³-hybridized carbons (Fsp3) is 0.120. The molecule has 0 aliphatic carbocycles. The molecule has 0 aliphatic heterocycles. The molecule has 5 nitrogen and oxygen atoms in total. The second-order valence-electron chi connectivity index (χ2n) is 14.7. The van der Waals surface area contributed by atoms with E-state index in [1.165, 1.54) is 27.5 Å². The SMILES string of the molecule is CC(C)c1cccc(C(C)C)c1-c1cnc2c3cc(N(c4ccccc4)c4cccc(N(c5ccccc5)c5ccccn5)c4)ccc3c3ccccc3n12. The van der Waals surface area contributed by atoms with Crippen molar-refractivity contribution in [2.45, 2.75) is 39.5 Å². The number of hydrogen-bond donors (Lipinski definition) is 0. The van der Waals surface area contributed by atoms with E-state index in [1.807, 2.05) is 24.4 Å². The van der Waals surface area contributed by atoms with Gasteiger partial charge in [0.2, 0.25) is 0 Å². The Morgan fingerprint density at radius 1 is 0.455 bits per heavy atom. The highest BCUT2D eigenvalue weighted by Gasteiger charge is 2.23. The summed E-state index contributed by atoms with van der Waals surface area (Å²) in [6, 6.07) is 58.1. The number of nitrogens with zero attached hydrogens (tertiary/aromatic N) is 5. The van der Waals surface area contributed by atoms with Crippen LogP contribution in [0, 0.1) is 0 Å². The van der Waals surface area contributed by atoms with Gasteiger partial charge in [0.1, 0.15) is 11.5 Å². The molecule has 0 amide bonds. The van der Waals surface area contributed by atoms with Crippen LogP contribution in [0.5, 0.6) is 0 Å². The standard InChI is InChI=1S/C50H43N5/c1-34(2)41-24-16-25-42(35(3)4)49(41)47-33-52-50-45-32-40(28-29-43(45)44-23-11-12-26-46(44)55(47)50)53(36-17-7-5-8-18-36)38-21-15-22-39(31-38)54(37-19-9-6-10-20-37)48-27-13-14-30-51-48/h5-35H,1-4H3. The normalized spacial score (nSPS) is 11.6. The van der Waals surface area contributed by atoms with Crippen LogP contribution in [0.15, 0.2) is 176 Å². The lowest BCUT2D eigenvalue weighted by Gasteiger charge is -2.29. The molecule has 3 aromatic heterocycles. The van der Waals surface area contributed by atoms with Crippen molar-refractivity contribution in [2.24, 2.45) is 0 Å². The van der Waals surface area contributed by atoms with Crippen molar-refractivity contribution in [1.82, 2.24) is 14.4 Å². The van der Waals surface area contributed by atoms with Crippen LogP contribution >= 0.6 is 0 Å². The molecular formula is C50H43N5. The molecule has 0 N–H and O–H groups in total. The minimum absolute atomic E-state index is 0.364. The van der Waals surface area contributed by atoms with Crippen molar-refractivity contribution < 1.29 is 0 Å². The maximum Gasteiger partial charge on any atom is 0.145 e. The number of anilines is 6. The Bertz CT molecular complexity index is 2710. The Kier molecular flexibility index (Phi) is 8.83. The first kappa shape index (κ1) is 34.1. The Morgan fingerprint density at radius 2 is 1.04 bits per heavy atom. The van der Waals surface area contributed by atoms with E-state index < -0.39 is 0 Å². The zero-order valence-corrected chi connectivity index (χ0v) is 31.6. The van der Waals surface area contributed by atoms with E-state index in [0.717, 1.165) is 56.5 Å². The van der Waals surface area contributed by atoms with Gasteiger partial charge in [0.05, 0.1) is 17.4 Å². The summed E-state index contributed by atoms with van der Waals surface area (Å²) in [7, 11) is 0. The predicted octanol–water partition coefficient (Wildman–Crippen LogP) is 13.9. The van der Waals surface area contributed by atoms with E-state index >= 15 is 0 Å². The summed E-state index contributed by atoms with van der Waals surface area (Å²) in [6.07, 6.45) is 3.94. The van der Waals surface area contributed by atoms with E-state index in [4.69, 9.17) is 9.97 Å². The van der Waals surface area contributed by atoms with Crippen molar-refractivity contribution >= 4 is 61.6 Å². The second-order valence-corrected chi connectivity index (χ2v) is 14.7. The smallest absolute Gasteiger partial charge is 0.145 e. The lowest BCUT2D eigenvalue weighted by Crippen LogP contribution is -2.14. The topological polar surface area (TPSA) is 36.7 Å². The van der Waals surface area contributed by atoms with E-state index in [0.29, 0.717) is 11.8 Å². The number of imidazole rings is 1. The summed E-state index contributed by atoms with van der Waals surface area (Å²) in [4.78, 5) is 14.6. The number of benzene rings is 6. The van der Waals surface area contributed by atoms with Gasteiger partial charge in [0.15, 0.2) is 0 Å². The fourth-order valence-corrected chi connectivity index (χ4v) is 8.07. The van der Waals surface area contributed by atoms with Crippen LogP contribution in [0.4, 0.5) is 34.3 Å². The first-order valence-electron chi connectivity index (χ1n) is 19.1. The van der Waals surface area contributed by atoms with Gasteiger partial charge in [-0.3, -0.25) is 9.30 Å². The van der Waals surface area contributed by atoms with Crippen molar-refractivity contribution in [3.05, 3.63) is 187 Å². The zero-order chi connectivity index (χ0) is 37.5. The molecule has 268 valence electrons. The van der Waals surface area contributed by atoms with Crippen LogP contribution in [0.3, 0.4) is 0 Å². The molecule has 6 aromatic carbocycles. The summed E-state index contributed by atoms with van der Waals surface area (Å²) in [6.45, 7) is 9.15. The molecular weight excluding hydrogens is 671 g/mol.